The summed E-state index contributed by atoms with van der Waals surface area (Å²) in [5.74, 6) is -1.00. The number of ether oxygens (including phenoxy) is 6. The second-order valence-electron chi connectivity index (χ2n) is 17.3. The summed E-state index contributed by atoms with van der Waals surface area (Å²) in [4.78, 5) is 25.7. The third kappa shape index (κ3) is 26.1. The third-order valence-electron chi connectivity index (χ3n) is 11.5. The molecule has 66 heavy (non-hydrogen) atoms. The van der Waals surface area contributed by atoms with Crippen molar-refractivity contribution in [1.82, 2.24) is 0 Å². The Hall–Kier alpha value is -2.80. The number of carbonyl (C=O) groups is 2. The summed E-state index contributed by atoms with van der Waals surface area (Å²) in [6.45, 7) is 2.39. The Morgan fingerprint density at radius 1 is 0.500 bits per heavy atom. The molecule has 0 aliphatic carbocycles. The van der Waals surface area contributed by atoms with Gasteiger partial charge in [0.25, 0.3) is 0 Å². The number of hydrogen-bond acceptors (Lipinski definition) is 15. The Morgan fingerprint density at radius 3 is 1.52 bits per heavy atom. The van der Waals surface area contributed by atoms with E-state index >= 15 is 0 Å². The van der Waals surface area contributed by atoms with Crippen LogP contribution < -0.4 is 0 Å². The molecule has 7 N–H and O–H groups in total. The van der Waals surface area contributed by atoms with Crippen LogP contribution in [0.3, 0.4) is 0 Å². The highest BCUT2D eigenvalue weighted by Crippen LogP contribution is 2.26. The van der Waals surface area contributed by atoms with Crippen molar-refractivity contribution in [2.45, 2.75) is 223 Å². The van der Waals surface area contributed by atoms with Gasteiger partial charge in [-0.1, -0.05) is 126 Å². The molecule has 380 valence electrons. The minimum Gasteiger partial charge on any atom is -0.462 e. The quantitative estimate of drug-likeness (QED) is 0.0201. The van der Waals surface area contributed by atoms with Crippen molar-refractivity contribution in [2.75, 3.05) is 26.4 Å². The molecule has 2 saturated heterocycles. The zero-order valence-corrected chi connectivity index (χ0v) is 39.9. The van der Waals surface area contributed by atoms with Crippen LogP contribution in [-0.4, -0.2) is 142 Å². The van der Waals surface area contributed by atoms with Gasteiger partial charge in [-0.25, -0.2) is 0 Å². The fourth-order valence-corrected chi connectivity index (χ4v) is 7.38. The molecular weight excluding hydrogens is 853 g/mol. The van der Waals surface area contributed by atoms with E-state index in [1.807, 2.05) is 0 Å². The van der Waals surface area contributed by atoms with E-state index in [9.17, 15) is 45.3 Å². The van der Waals surface area contributed by atoms with Gasteiger partial charge in [-0.2, -0.15) is 0 Å². The van der Waals surface area contributed by atoms with E-state index in [-0.39, 0.29) is 19.4 Å². The molecule has 2 aliphatic rings. The van der Waals surface area contributed by atoms with Gasteiger partial charge >= 0.3 is 11.9 Å². The zero-order chi connectivity index (χ0) is 48.2. The van der Waals surface area contributed by atoms with Crippen LogP contribution in [0.2, 0.25) is 0 Å². The first-order valence-electron chi connectivity index (χ1n) is 24.9. The van der Waals surface area contributed by atoms with Crippen LogP contribution in [0, 0.1) is 0 Å². The molecule has 0 amide bonds. The Kier molecular flexibility index (Phi) is 34.2. The molecule has 0 aromatic heterocycles. The van der Waals surface area contributed by atoms with E-state index in [4.69, 9.17) is 28.4 Å². The number of rotatable bonds is 37. The summed E-state index contributed by atoms with van der Waals surface area (Å²) in [5.41, 5.74) is 0. The summed E-state index contributed by atoms with van der Waals surface area (Å²) in [6, 6.07) is 0. The highest BCUT2D eigenvalue weighted by molar-refractivity contribution is 5.70. The van der Waals surface area contributed by atoms with E-state index in [1.165, 1.54) is 57.8 Å². The van der Waals surface area contributed by atoms with Crippen LogP contribution in [0.15, 0.2) is 60.8 Å². The highest BCUT2D eigenvalue weighted by Gasteiger charge is 2.47. The lowest BCUT2D eigenvalue weighted by Gasteiger charge is -2.42. The second kappa shape index (κ2) is 38.1. The average molecular weight is 939 g/mol. The van der Waals surface area contributed by atoms with E-state index in [2.05, 4.69) is 74.6 Å². The summed E-state index contributed by atoms with van der Waals surface area (Å²) < 4.78 is 33.5. The molecule has 15 heteroatoms. The smallest absolute Gasteiger partial charge is 0.306 e. The number of esters is 2. The molecule has 2 rings (SSSR count). The largest absolute Gasteiger partial charge is 0.462 e. The summed E-state index contributed by atoms with van der Waals surface area (Å²) in [5, 5.41) is 72.0. The fraction of sp³-hybridized carbons (Fsp3) is 0.765. The van der Waals surface area contributed by atoms with Gasteiger partial charge < -0.3 is 64.2 Å². The lowest BCUT2D eigenvalue weighted by molar-refractivity contribution is -0.332. The van der Waals surface area contributed by atoms with Crippen LogP contribution in [0.4, 0.5) is 0 Å². The minimum atomic E-state index is -1.78. The van der Waals surface area contributed by atoms with Crippen molar-refractivity contribution >= 4 is 11.9 Å². The SMILES string of the molecule is CC/C=C/C/C=C/C/C=C/C/C=C/CCCCC(=O)O[C@H](COC(=O)CCCC/C=C/CCCCCCCCCCC)CO[C@@H]1O[C@H](CO[C@@H]2O[C@H](CO)[C@H](O)C(O)C2O)[C@H](O)C(O)C1O. The van der Waals surface area contributed by atoms with Crippen LogP contribution in [0.25, 0.3) is 0 Å². The minimum absolute atomic E-state index is 0.107. The normalized spacial score (nSPS) is 26.7. The van der Waals surface area contributed by atoms with Gasteiger partial charge in [0, 0.05) is 12.8 Å². The first-order valence-corrected chi connectivity index (χ1v) is 24.9. The first kappa shape index (κ1) is 59.3. The fourth-order valence-electron chi connectivity index (χ4n) is 7.38. The standard InChI is InChI=1S/C51H86O15/c1-3-5-7-9-11-13-15-17-19-21-23-25-27-29-31-33-42(53)61-36-39(64-43(54)34-32-30-28-26-24-22-20-18-16-14-12-10-8-6-4-2)37-62-50-49(60)47(58)45(56)41(66-50)38-63-51-48(59)46(57)44(55)40(35-52)65-51/h6,8,12,14,18,20,23-26,39-41,44-52,55-60H,3-5,7,9-11,13,15-17,19,21-22,27-38H2,1-2H3/b8-6+,14-12+,20-18+,25-23+,26-24+/t39-,40-,41-,44+,45+,46?,47?,48?,49?,50-,51-/m1/s1. The molecule has 0 spiro atoms. The lowest BCUT2D eigenvalue weighted by Crippen LogP contribution is -2.61. The van der Waals surface area contributed by atoms with Gasteiger partial charge in [-0.15, -0.1) is 0 Å². The predicted octanol–water partition coefficient (Wildman–Crippen LogP) is 6.49. The van der Waals surface area contributed by atoms with E-state index < -0.39 is 99.3 Å². The number of allylic oxidation sites excluding steroid dienone is 10. The van der Waals surface area contributed by atoms with Crippen LogP contribution >= 0.6 is 0 Å². The maximum absolute atomic E-state index is 13.0. The molecule has 11 atom stereocenters. The molecule has 0 aromatic rings. The average Bonchev–Trinajstić information content (AvgIpc) is 3.31. The number of carbonyl (C=O) groups excluding carboxylic acids is 2. The maximum atomic E-state index is 13.0. The van der Waals surface area contributed by atoms with Crippen molar-refractivity contribution in [1.29, 1.82) is 0 Å². The van der Waals surface area contributed by atoms with Crippen molar-refractivity contribution in [3.05, 3.63) is 60.8 Å². The van der Waals surface area contributed by atoms with E-state index in [0.29, 0.717) is 12.8 Å². The van der Waals surface area contributed by atoms with Crippen molar-refractivity contribution in [2.24, 2.45) is 0 Å². The summed E-state index contributed by atoms with van der Waals surface area (Å²) in [6.07, 6.45) is 25.5. The van der Waals surface area contributed by atoms with Gasteiger partial charge in [0.15, 0.2) is 18.7 Å². The van der Waals surface area contributed by atoms with Crippen molar-refractivity contribution < 1.29 is 73.8 Å². The molecule has 2 heterocycles. The Balaban J connectivity index is 1.86. The van der Waals surface area contributed by atoms with Gasteiger partial charge in [-0.05, 0) is 77.0 Å². The van der Waals surface area contributed by atoms with Crippen LogP contribution in [0.5, 0.6) is 0 Å². The molecule has 2 fully saturated rings. The first-order chi connectivity index (χ1) is 32.0. The van der Waals surface area contributed by atoms with Gasteiger partial charge in [0.05, 0.1) is 19.8 Å². The summed E-state index contributed by atoms with van der Waals surface area (Å²) >= 11 is 0. The van der Waals surface area contributed by atoms with Crippen LogP contribution in [0.1, 0.15) is 155 Å². The molecule has 0 radical (unpaired) electrons. The molecule has 0 saturated carbocycles. The molecule has 2 aliphatic heterocycles. The van der Waals surface area contributed by atoms with Crippen LogP contribution in [-0.2, 0) is 38.0 Å². The number of hydrogen-bond donors (Lipinski definition) is 7. The summed E-state index contributed by atoms with van der Waals surface area (Å²) in [7, 11) is 0. The van der Waals surface area contributed by atoms with Crippen molar-refractivity contribution in [3.63, 3.8) is 0 Å². The number of aliphatic hydroxyl groups excluding tert-OH is 7. The van der Waals surface area contributed by atoms with Gasteiger partial charge in [-0.3, -0.25) is 9.59 Å². The van der Waals surface area contributed by atoms with Gasteiger partial charge in [0.2, 0.25) is 0 Å². The Bertz CT molecular complexity index is 1380. The molecule has 0 bridgehead atoms. The predicted molar refractivity (Wildman–Crippen MR) is 252 cm³/mol. The molecule has 0 aromatic carbocycles. The Morgan fingerprint density at radius 2 is 0.955 bits per heavy atom. The highest BCUT2D eigenvalue weighted by atomic mass is 16.7. The number of unbranched alkanes of at least 4 members (excludes halogenated alkanes) is 13. The Labute approximate surface area is 394 Å². The van der Waals surface area contributed by atoms with E-state index in [1.54, 1.807) is 0 Å². The molecular formula is C51H86O15. The monoisotopic (exact) mass is 939 g/mol. The zero-order valence-electron chi connectivity index (χ0n) is 39.9. The van der Waals surface area contributed by atoms with E-state index in [0.717, 1.165) is 57.8 Å². The van der Waals surface area contributed by atoms with Crippen molar-refractivity contribution in [3.8, 4) is 0 Å². The topological polar surface area (TPSA) is 231 Å². The third-order valence-corrected chi connectivity index (χ3v) is 11.5. The molecule has 4 unspecified atom stereocenters. The maximum Gasteiger partial charge on any atom is 0.306 e. The second-order valence-corrected chi connectivity index (χ2v) is 17.3. The molecule has 15 nitrogen and oxygen atoms in total. The number of aliphatic hydroxyl groups is 7. The van der Waals surface area contributed by atoms with Gasteiger partial charge in [0.1, 0.15) is 55.4 Å². The lowest BCUT2D eigenvalue weighted by atomic mass is 9.98.